The van der Waals surface area contributed by atoms with Gasteiger partial charge >= 0.3 is 0 Å². The summed E-state index contributed by atoms with van der Waals surface area (Å²) in [5.74, 6) is 0.605. The molecule has 0 aliphatic heterocycles. The van der Waals surface area contributed by atoms with E-state index in [1.807, 2.05) is 0 Å². The summed E-state index contributed by atoms with van der Waals surface area (Å²) in [6.45, 7) is 6.27. The summed E-state index contributed by atoms with van der Waals surface area (Å²) >= 11 is 0. The molecule has 0 saturated heterocycles. The number of aryl methyl sites for hydroxylation is 1. The van der Waals surface area contributed by atoms with E-state index >= 15 is 0 Å². The molecule has 112 valence electrons. The van der Waals surface area contributed by atoms with E-state index in [2.05, 4.69) is 43.4 Å². The summed E-state index contributed by atoms with van der Waals surface area (Å²) < 4.78 is 5.94. The van der Waals surface area contributed by atoms with Crippen LogP contribution in [0.2, 0.25) is 0 Å². The third kappa shape index (κ3) is 4.58. The molecule has 0 radical (unpaired) electrons. The zero-order valence-corrected chi connectivity index (χ0v) is 12.6. The Balaban J connectivity index is 1.77. The minimum atomic E-state index is -0.428. The Kier molecular flexibility index (Phi) is 6.02. The molecule has 0 bridgehead atoms. The van der Waals surface area contributed by atoms with Crippen LogP contribution in [0.25, 0.3) is 0 Å². The number of rotatable bonds is 7. The molecule has 0 amide bonds. The fraction of sp³-hybridized carbons (Fsp3) is 0.647. The Hall–Kier alpha value is -0.900. The highest BCUT2D eigenvalue weighted by Crippen LogP contribution is 2.32. The molecule has 1 aliphatic carbocycles. The summed E-state index contributed by atoms with van der Waals surface area (Å²) in [5.41, 5.74) is 2.71. The lowest BCUT2D eigenvalue weighted by Gasteiger charge is -2.26. The normalized spacial score (nSPS) is 19.9. The van der Waals surface area contributed by atoms with Gasteiger partial charge < -0.3 is 15.2 Å². The van der Waals surface area contributed by atoms with Gasteiger partial charge in [0.25, 0.3) is 0 Å². The lowest BCUT2D eigenvalue weighted by molar-refractivity contribution is -0.0168. The molecule has 0 saturated carbocycles. The predicted molar refractivity (Wildman–Crippen MR) is 81.8 cm³/mol. The summed E-state index contributed by atoms with van der Waals surface area (Å²) in [5, 5.41) is 13.2. The molecular weight excluding hydrogens is 250 g/mol. The minimum Gasteiger partial charge on any atom is -0.389 e. The van der Waals surface area contributed by atoms with Gasteiger partial charge in [-0.2, -0.15) is 0 Å². The van der Waals surface area contributed by atoms with Crippen LogP contribution in [-0.4, -0.2) is 30.9 Å². The van der Waals surface area contributed by atoms with Crippen molar-refractivity contribution in [3.05, 3.63) is 35.4 Å². The fourth-order valence-corrected chi connectivity index (χ4v) is 2.71. The van der Waals surface area contributed by atoms with E-state index in [0.717, 1.165) is 19.4 Å². The highest BCUT2D eigenvalue weighted by atomic mass is 16.5. The lowest BCUT2D eigenvalue weighted by atomic mass is 9.89. The van der Waals surface area contributed by atoms with E-state index < -0.39 is 6.10 Å². The van der Waals surface area contributed by atoms with Crippen molar-refractivity contribution < 1.29 is 9.84 Å². The smallest absolute Gasteiger partial charge is 0.0897 e. The highest BCUT2D eigenvalue weighted by molar-refractivity contribution is 5.31. The predicted octanol–water partition coefficient (Wildman–Crippen LogP) is 2.69. The summed E-state index contributed by atoms with van der Waals surface area (Å²) in [4.78, 5) is 0. The van der Waals surface area contributed by atoms with E-state index in [1.165, 1.54) is 17.5 Å². The lowest BCUT2D eigenvalue weighted by Crippen LogP contribution is -2.33. The molecule has 1 aromatic carbocycles. The second-order valence-electron chi connectivity index (χ2n) is 6.12. The zero-order chi connectivity index (χ0) is 14.4. The molecule has 20 heavy (non-hydrogen) atoms. The number of fused-ring (bicyclic) bond motifs is 1. The number of benzene rings is 1. The van der Waals surface area contributed by atoms with Gasteiger partial charge in [-0.05, 0) is 42.9 Å². The zero-order valence-electron chi connectivity index (χ0n) is 12.6. The Morgan fingerprint density at radius 2 is 2.10 bits per heavy atom. The molecule has 2 atom stereocenters. The van der Waals surface area contributed by atoms with Gasteiger partial charge in [0.2, 0.25) is 0 Å². The number of aliphatic hydroxyl groups excluding tert-OH is 1. The molecule has 2 rings (SSSR count). The molecule has 3 heteroatoms. The van der Waals surface area contributed by atoms with Gasteiger partial charge in [-0.3, -0.25) is 0 Å². The molecule has 2 N–H and O–H groups in total. The molecule has 3 nitrogen and oxygen atoms in total. The van der Waals surface area contributed by atoms with Gasteiger partial charge in [-0.25, -0.2) is 0 Å². The highest BCUT2D eigenvalue weighted by Gasteiger charge is 2.21. The van der Waals surface area contributed by atoms with Gasteiger partial charge in [-0.1, -0.05) is 38.1 Å². The number of ether oxygens (including phenoxy) is 1. The first kappa shape index (κ1) is 15.5. The minimum absolute atomic E-state index is 0.152. The van der Waals surface area contributed by atoms with Gasteiger partial charge in [0.15, 0.2) is 0 Å². The molecule has 0 aromatic heterocycles. The van der Waals surface area contributed by atoms with Crippen molar-refractivity contribution in [2.24, 2.45) is 5.92 Å². The van der Waals surface area contributed by atoms with Crippen molar-refractivity contribution in [2.75, 3.05) is 19.7 Å². The van der Waals surface area contributed by atoms with Crippen LogP contribution in [0.5, 0.6) is 0 Å². The second-order valence-corrected chi connectivity index (χ2v) is 6.12. The van der Waals surface area contributed by atoms with Crippen LogP contribution in [0.15, 0.2) is 24.3 Å². The molecule has 1 aliphatic rings. The van der Waals surface area contributed by atoms with Gasteiger partial charge in [0.1, 0.15) is 0 Å². The van der Waals surface area contributed by atoms with Crippen molar-refractivity contribution in [2.45, 2.75) is 45.3 Å². The van der Waals surface area contributed by atoms with Crippen LogP contribution < -0.4 is 5.32 Å². The maximum Gasteiger partial charge on any atom is 0.0897 e. The maximum absolute atomic E-state index is 9.95. The van der Waals surface area contributed by atoms with Crippen molar-refractivity contribution in [1.29, 1.82) is 0 Å². The van der Waals surface area contributed by atoms with Crippen molar-refractivity contribution in [3.63, 3.8) is 0 Å². The van der Waals surface area contributed by atoms with Crippen LogP contribution in [0.1, 0.15) is 43.9 Å². The summed E-state index contributed by atoms with van der Waals surface area (Å²) in [7, 11) is 0. The number of hydrogen-bond donors (Lipinski definition) is 2. The number of nitrogens with one attached hydrogen (secondary N) is 1. The Bertz CT molecular complexity index is 406. The first-order valence-electron chi connectivity index (χ1n) is 7.75. The Morgan fingerprint density at radius 1 is 1.30 bits per heavy atom. The third-order valence-electron chi connectivity index (χ3n) is 3.74. The van der Waals surface area contributed by atoms with E-state index in [4.69, 9.17) is 4.74 Å². The first-order valence-corrected chi connectivity index (χ1v) is 7.75. The van der Waals surface area contributed by atoms with Gasteiger partial charge in [0.05, 0.1) is 18.8 Å². The first-order chi connectivity index (χ1) is 9.66. The van der Waals surface area contributed by atoms with Crippen LogP contribution in [0, 0.1) is 5.92 Å². The number of aliphatic hydroxyl groups is 1. The summed E-state index contributed by atoms with van der Waals surface area (Å²) in [6.07, 6.45) is 3.10. The van der Waals surface area contributed by atoms with E-state index in [1.54, 1.807) is 0 Å². The van der Waals surface area contributed by atoms with E-state index in [0.29, 0.717) is 19.1 Å². The SMILES string of the molecule is CC(C)CNC[C@H](O)CO[C@H]1CCCc2ccccc21. The average Bonchev–Trinajstić information content (AvgIpc) is 2.44. The number of hydrogen-bond acceptors (Lipinski definition) is 3. The second kappa shape index (κ2) is 7.77. The van der Waals surface area contributed by atoms with Crippen LogP contribution in [-0.2, 0) is 11.2 Å². The van der Waals surface area contributed by atoms with Crippen LogP contribution >= 0.6 is 0 Å². The summed E-state index contributed by atoms with van der Waals surface area (Å²) in [6, 6.07) is 8.50. The van der Waals surface area contributed by atoms with Gasteiger partial charge in [0, 0.05) is 6.54 Å². The molecule has 0 unspecified atom stereocenters. The fourth-order valence-electron chi connectivity index (χ4n) is 2.71. The molecule has 0 heterocycles. The Morgan fingerprint density at radius 3 is 2.90 bits per heavy atom. The Labute approximate surface area is 122 Å². The average molecular weight is 277 g/mol. The van der Waals surface area contributed by atoms with Crippen molar-refractivity contribution in [3.8, 4) is 0 Å². The molecule has 1 aromatic rings. The quantitative estimate of drug-likeness (QED) is 0.805. The van der Waals surface area contributed by atoms with Gasteiger partial charge in [-0.15, -0.1) is 0 Å². The topological polar surface area (TPSA) is 41.5 Å². The van der Waals surface area contributed by atoms with E-state index in [9.17, 15) is 5.11 Å². The van der Waals surface area contributed by atoms with Crippen molar-refractivity contribution in [1.82, 2.24) is 5.32 Å². The third-order valence-corrected chi connectivity index (χ3v) is 3.74. The van der Waals surface area contributed by atoms with Crippen LogP contribution in [0.4, 0.5) is 0 Å². The molecule has 0 fully saturated rings. The standard InChI is InChI=1S/C17H27NO2/c1-13(2)10-18-11-15(19)12-20-17-9-5-7-14-6-3-4-8-16(14)17/h3-4,6,8,13,15,17-19H,5,7,9-12H2,1-2H3/t15-,17-/m0/s1. The van der Waals surface area contributed by atoms with Crippen molar-refractivity contribution >= 4 is 0 Å². The largest absolute Gasteiger partial charge is 0.389 e. The van der Waals surface area contributed by atoms with Crippen LogP contribution in [0.3, 0.4) is 0 Å². The molecule has 0 spiro atoms. The monoisotopic (exact) mass is 277 g/mol. The molecular formula is C17H27NO2. The maximum atomic E-state index is 9.95. The van der Waals surface area contributed by atoms with E-state index in [-0.39, 0.29) is 6.10 Å².